The Balaban J connectivity index is 2.55. The number of ether oxygens (including phenoxy) is 1. The minimum absolute atomic E-state index is 0.0272. The average Bonchev–Trinajstić information content (AvgIpc) is 2.53. The van der Waals surface area contributed by atoms with E-state index in [1.165, 1.54) is 16.9 Å². The lowest BCUT2D eigenvalue weighted by Crippen LogP contribution is -2.32. The molecule has 0 fully saturated rings. The first-order valence-corrected chi connectivity index (χ1v) is 4.18. The van der Waals surface area contributed by atoms with Gasteiger partial charge in [-0.1, -0.05) is 0 Å². The zero-order chi connectivity index (χ0) is 10.6. The lowest BCUT2D eigenvalue weighted by molar-refractivity contribution is -0.144. The molecule has 0 bridgehead atoms. The van der Waals surface area contributed by atoms with Crippen LogP contribution in [0.5, 0.6) is 0 Å². The van der Waals surface area contributed by atoms with Crippen LogP contribution < -0.4 is 5.59 Å². The minimum Gasteiger partial charge on any atom is -0.465 e. The summed E-state index contributed by atoms with van der Waals surface area (Å²) < 4.78 is 5.98. The Morgan fingerprint density at radius 3 is 2.93 bits per heavy atom. The molecule has 7 heteroatoms. The molecule has 1 rings (SSSR count). The lowest BCUT2D eigenvalue weighted by Gasteiger charge is -2.01. The van der Waals surface area contributed by atoms with Gasteiger partial charge in [0.1, 0.15) is 6.54 Å². The Morgan fingerprint density at radius 2 is 2.43 bits per heavy atom. The Bertz CT molecular complexity index is 312. The molecule has 0 spiro atoms. The normalized spacial score (nSPS) is 9.93. The van der Waals surface area contributed by atoms with Crippen LogP contribution >= 0.6 is 0 Å². The van der Waals surface area contributed by atoms with Crippen molar-refractivity contribution in [2.75, 3.05) is 6.61 Å². The lowest BCUT2D eigenvalue weighted by atomic mass is 9.87. The van der Waals surface area contributed by atoms with Crippen molar-refractivity contribution in [2.24, 2.45) is 0 Å². The number of nitrogens with zero attached hydrogens (tertiary/aromatic N) is 2. The zero-order valence-electron chi connectivity index (χ0n) is 7.75. The molecule has 2 N–H and O–H groups in total. The Kier molecular flexibility index (Phi) is 3.67. The second-order valence-corrected chi connectivity index (χ2v) is 2.62. The standard InChI is InChI=1S/C7H11BN2O4/c1-2-14-7(11)5-10-4-3-6(9-10)8(12)13/h3-4,12-13H,2,5H2,1H3. The molecule has 0 aliphatic heterocycles. The summed E-state index contributed by atoms with van der Waals surface area (Å²) in [5.74, 6) is -0.408. The second-order valence-electron chi connectivity index (χ2n) is 2.62. The molecule has 14 heavy (non-hydrogen) atoms. The molecule has 0 aliphatic carbocycles. The number of carbonyl (C=O) groups is 1. The highest BCUT2D eigenvalue weighted by molar-refractivity contribution is 6.57. The monoisotopic (exact) mass is 198 g/mol. The number of hydrogen-bond acceptors (Lipinski definition) is 5. The first-order chi connectivity index (χ1) is 6.63. The third-order valence-electron chi connectivity index (χ3n) is 1.52. The third-order valence-corrected chi connectivity index (χ3v) is 1.52. The maximum absolute atomic E-state index is 11.0. The Hall–Kier alpha value is -1.34. The van der Waals surface area contributed by atoms with Gasteiger partial charge in [0.05, 0.1) is 12.2 Å². The molecule has 1 aromatic rings. The number of esters is 1. The Morgan fingerprint density at radius 1 is 1.71 bits per heavy atom. The van der Waals surface area contributed by atoms with Crippen molar-refractivity contribution >= 4 is 18.7 Å². The van der Waals surface area contributed by atoms with Crippen molar-refractivity contribution in [1.82, 2.24) is 9.78 Å². The molecule has 6 nitrogen and oxygen atoms in total. The van der Waals surface area contributed by atoms with Crippen LogP contribution in [0.15, 0.2) is 12.3 Å². The molecule has 0 atom stereocenters. The van der Waals surface area contributed by atoms with Crippen molar-refractivity contribution in [2.45, 2.75) is 13.5 Å². The predicted octanol–water partition coefficient (Wildman–Crippen LogP) is -1.87. The van der Waals surface area contributed by atoms with E-state index >= 15 is 0 Å². The fraction of sp³-hybridized carbons (Fsp3) is 0.429. The molecule has 0 aromatic carbocycles. The molecule has 1 heterocycles. The summed E-state index contributed by atoms with van der Waals surface area (Å²) in [5, 5.41) is 21.2. The number of aromatic nitrogens is 2. The molecule has 0 amide bonds. The largest absolute Gasteiger partial charge is 0.510 e. The van der Waals surface area contributed by atoms with Crippen LogP contribution in [-0.2, 0) is 16.1 Å². The van der Waals surface area contributed by atoms with E-state index in [0.29, 0.717) is 6.61 Å². The van der Waals surface area contributed by atoms with Crippen LogP contribution in [0.25, 0.3) is 0 Å². The van der Waals surface area contributed by atoms with E-state index < -0.39 is 13.1 Å². The van der Waals surface area contributed by atoms with Gasteiger partial charge >= 0.3 is 13.1 Å². The highest BCUT2D eigenvalue weighted by Gasteiger charge is 2.15. The summed E-state index contributed by atoms with van der Waals surface area (Å²) in [6.07, 6.45) is 1.48. The molecule has 0 aliphatic rings. The third kappa shape index (κ3) is 2.86. The van der Waals surface area contributed by atoms with Gasteiger partial charge in [0.2, 0.25) is 0 Å². The van der Waals surface area contributed by atoms with Gasteiger partial charge in [-0.3, -0.25) is 9.48 Å². The topological polar surface area (TPSA) is 84.6 Å². The molecular formula is C7H11BN2O4. The van der Waals surface area contributed by atoms with Crippen molar-refractivity contribution in [1.29, 1.82) is 0 Å². The molecule has 0 radical (unpaired) electrons. The molecular weight excluding hydrogens is 187 g/mol. The van der Waals surface area contributed by atoms with Gasteiger partial charge in [-0.25, -0.2) is 0 Å². The molecule has 0 saturated carbocycles. The SMILES string of the molecule is CCOC(=O)Cn1ccc(B(O)O)n1. The highest BCUT2D eigenvalue weighted by Crippen LogP contribution is 1.87. The van der Waals surface area contributed by atoms with Gasteiger partial charge in [-0.15, -0.1) is 0 Å². The Labute approximate surface area is 81.3 Å². The van der Waals surface area contributed by atoms with Crippen molar-refractivity contribution in [3.8, 4) is 0 Å². The number of carbonyl (C=O) groups excluding carboxylic acids is 1. The fourth-order valence-electron chi connectivity index (χ4n) is 0.942. The van der Waals surface area contributed by atoms with Gasteiger partial charge in [0.15, 0.2) is 0 Å². The van der Waals surface area contributed by atoms with E-state index in [1.54, 1.807) is 6.92 Å². The van der Waals surface area contributed by atoms with Crippen LogP contribution in [0.3, 0.4) is 0 Å². The molecule has 0 unspecified atom stereocenters. The van der Waals surface area contributed by atoms with E-state index in [2.05, 4.69) is 5.10 Å². The molecule has 76 valence electrons. The maximum atomic E-state index is 11.0. The molecule has 1 aromatic heterocycles. The van der Waals surface area contributed by atoms with E-state index in [0.717, 1.165) is 0 Å². The summed E-state index contributed by atoms with van der Waals surface area (Å²) in [6.45, 7) is 2.00. The van der Waals surface area contributed by atoms with Crippen LogP contribution in [0.2, 0.25) is 0 Å². The summed E-state index contributed by atoms with van der Waals surface area (Å²) in [4.78, 5) is 11.0. The van der Waals surface area contributed by atoms with E-state index in [1.807, 2.05) is 0 Å². The van der Waals surface area contributed by atoms with Crippen LogP contribution in [0, 0.1) is 0 Å². The van der Waals surface area contributed by atoms with E-state index in [4.69, 9.17) is 14.8 Å². The summed E-state index contributed by atoms with van der Waals surface area (Å²) >= 11 is 0. The van der Waals surface area contributed by atoms with E-state index in [9.17, 15) is 4.79 Å². The average molecular weight is 198 g/mol. The van der Waals surface area contributed by atoms with Crippen LogP contribution in [0.1, 0.15) is 6.92 Å². The first-order valence-electron chi connectivity index (χ1n) is 4.18. The minimum atomic E-state index is -1.61. The smallest absolute Gasteiger partial charge is 0.465 e. The quantitative estimate of drug-likeness (QED) is 0.437. The highest BCUT2D eigenvalue weighted by atomic mass is 16.5. The predicted molar refractivity (Wildman–Crippen MR) is 48.7 cm³/mol. The summed E-state index contributed by atoms with van der Waals surface area (Å²) in [7, 11) is -1.61. The first kappa shape index (κ1) is 10.7. The number of hydrogen-bond donors (Lipinski definition) is 2. The van der Waals surface area contributed by atoms with Gasteiger partial charge in [-0.2, -0.15) is 5.10 Å². The van der Waals surface area contributed by atoms with Gasteiger partial charge < -0.3 is 14.8 Å². The zero-order valence-corrected chi connectivity index (χ0v) is 7.75. The molecule has 0 saturated heterocycles. The van der Waals surface area contributed by atoms with Gasteiger partial charge in [-0.05, 0) is 13.0 Å². The maximum Gasteiger partial charge on any atom is 0.510 e. The van der Waals surface area contributed by atoms with Crippen LogP contribution in [0.4, 0.5) is 0 Å². The van der Waals surface area contributed by atoms with Crippen LogP contribution in [-0.4, -0.2) is 39.5 Å². The summed E-state index contributed by atoms with van der Waals surface area (Å²) in [5.41, 5.74) is 0.106. The van der Waals surface area contributed by atoms with Gasteiger partial charge in [0, 0.05) is 6.20 Å². The fourth-order valence-corrected chi connectivity index (χ4v) is 0.942. The van der Waals surface area contributed by atoms with Crippen molar-refractivity contribution in [3.05, 3.63) is 12.3 Å². The van der Waals surface area contributed by atoms with Crippen molar-refractivity contribution < 1.29 is 19.6 Å². The number of rotatable bonds is 4. The second kappa shape index (κ2) is 4.78. The van der Waals surface area contributed by atoms with Gasteiger partial charge in [0.25, 0.3) is 0 Å². The van der Waals surface area contributed by atoms with Crippen molar-refractivity contribution in [3.63, 3.8) is 0 Å². The van der Waals surface area contributed by atoms with E-state index in [-0.39, 0.29) is 12.1 Å². The summed E-state index contributed by atoms with van der Waals surface area (Å²) in [6, 6.07) is 1.42.